The summed E-state index contributed by atoms with van der Waals surface area (Å²) in [5.74, 6) is -3.16. The molecule has 0 unspecified atom stereocenters. The van der Waals surface area contributed by atoms with Crippen molar-refractivity contribution in [2.75, 3.05) is 5.32 Å². The van der Waals surface area contributed by atoms with Crippen LogP contribution in [0.5, 0.6) is 0 Å². The lowest BCUT2D eigenvalue weighted by Crippen LogP contribution is -2.01. The number of rotatable bonds is 2. The summed E-state index contributed by atoms with van der Waals surface area (Å²) >= 11 is 5.80. The molecule has 3 nitrogen and oxygen atoms in total. The molecular formula is C14H7ClF3N3. The Morgan fingerprint density at radius 3 is 2.43 bits per heavy atom. The fraction of sp³-hybridized carbons (Fsp3) is 0. The summed E-state index contributed by atoms with van der Waals surface area (Å²) in [4.78, 5) is 7.97. The van der Waals surface area contributed by atoms with Gasteiger partial charge in [0.2, 0.25) is 5.28 Å². The number of fused-ring (bicyclic) bond motifs is 1. The van der Waals surface area contributed by atoms with Gasteiger partial charge in [0.1, 0.15) is 11.6 Å². The first-order valence-electron chi connectivity index (χ1n) is 5.88. The van der Waals surface area contributed by atoms with E-state index in [2.05, 4.69) is 15.3 Å². The first-order chi connectivity index (χ1) is 10.0. The van der Waals surface area contributed by atoms with E-state index in [1.165, 1.54) is 0 Å². The van der Waals surface area contributed by atoms with Gasteiger partial charge in [0.25, 0.3) is 0 Å². The van der Waals surface area contributed by atoms with Crippen LogP contribution < -0.4 is 5.32 Å². The lowest BCUT2D eigenvalue weighted by Gasteiger charge is -2.10. The molecule has 0 saturated heterocycles. The Balaban J connectivity index is 2.12. The highest BCUT2D eigenvalue weighted by atomic mass is 35.5. The average Bonchev–Trinajstić information content (AvgIpc) is 2.44. The van der Waals surface area contributed by atoms with Crippen LogP contribution >= 0.6 is 11.6 Å². The van der Waals surface area contributed by atoms with Gasteiger partial charge in [-0.2, -0.15) is 4.98 Å². The lowest BCUT2D eigenvalue weighted by molar-refractivity contribution is 0.496. The molecule has 0 fully saturated rings. The Hall–Kier alpha value is -2.34. The van der Waals surface area contributed by atoms with Crippen LogP contribution in [0, 0.1) is 17.5 Å². The molecule has 7 heteroatoms. The van der Waals surface area contributed by atoms with Crippen molar-refractivity contribution in [2.45, 2.75) is 0 Å². The monoisotopic (exact) mass is 309 g/mol. The maximum Gasteiger partial charge on any atom is 0.224 e. The van der Waals surface area contributed by atoms with Gasteiger partial charge in [-0.1, -0.05) is 12.1 Å². The van der Waals surface area contributed by atoms with Crippen LogP contribution in [0.1, 0.15) is 0 Å². The predicted octanol–water partition coefficient (Wildman–Crippen LogP) is 4.44. The molecule has 1 N–H and O–H groups in total. The first kappa shape index (κ1) is 13.6. The van der Waals surface area contributed by atoms with Gasteiger partial charge in [-0.25, -0.2) is 18.2 Å². The van der Waals surface area contributed by atoms with Gasteiger partial charge in [-0.15, -0.1) is 0 Å². The molecule has 0 aliphatic heterocycles. The van der Waals surface area contributed by atoms with Gasteiger partial charge in [0.15, 0.2) is 11.6 Å². The third kappa shape index (κ3) is 2.62. The number of halogens is 4. The molecule has 0 aliphatic carbocycles. The van der Waals surface area contributed by atoms with Gasteiger partial charge in [0, 0.05) is 17.5 Å². The van der Waals surface area contributed by atoms with Gasteiger partial charge in [0.05, 0.1) is 11.2 Å². The van der Waals surface area contributed by atoms with Gasteiger partial charge in [-0.3, -0.25) is 0 Å². The van der Waals surface area contributed by atoms with E-state index in [0.29, 0.717) is 17.0 Å². The van der Waals surface area contributed by atoms with Crippen LogP contribution in [0.25, 0.3) is 10.9 Å². The molecular weight excluding hydrogens is 303 g/mol. The number of benzene rings is 2. The van der Waals surface area contributed by atoms with Crippen molar-refractivity contribution in [1.29, 1.82) is 0 Å². The Morgan fingerprint density at radius 2 is 1.62 bits per heavy atom. The highest BCUT2D eigenvalue weighted by molar-refractivity contribution is 6.28. The summed E-state index contributed by atoms with van der Waals surface area (Å²) < 4.78 is 39.8. The standard InChI is InChI=1S/C14H7ClF3N3/c15-14-20-11-4-2-1-3-7(11)13(21-14)19-12-6-9(17)8(16)5-10(12)18/h1-6H,(H,19,20,21). The maximum absolute atomic E-state index is 13.7. The van der Waals surface area contributed by atoms with E-state index in [1.807, 2.05) is 0 Å². The van der Waals surface area contributed by atoms with Gasteiger partial charge >= 0.3 is 0 Å². The summed E-state index contributed by atoms with van der Waals surface area (Å²) in [6, 6.07) is 8.08. The number of hydrogen-bond donors (Lipinski definition) is 1. The molecule has 0 radical (unpaired) electrons. The zero-order valence-corrected chi connectivity index (χ0v) is 11.1. The van der Waals surface area contributed by atoms with Crippen molar-refractivity contribution < 1.29 is 13.2 Å². The fourth-order valence-corrected chi connectivity index (χ4v) is 2.07. The maximum atomic E-state index is 13.7. The molecule has 0 bridgehead atoms. The second-order valence-electron chi connectivity index (χ2n) is 4.23. The quantitative estimate of drug-likeness (QED) is 0.561. The highest BCUT2D eigenvalue weighted by Crippen LogP contribution is 2.27. The molecule has 2 aromatic carbocycles. The molecule has 106 valence electrons. The highest BCUT2D eigenvalue weighted by Gasteiger charge is 2.12. The van der Waals surface area contributed by atoms with Crippen molar-refractivity contribution in [3.63, 3.8) is 0 Å². The van der Waals surface area contributed by atoms with Crippen molar-refractivity contribution >= 4 is 34.0 Å². The summed E-state index contributed by atoms with van der Waals surface area (Å²) in [6.45, 7) is 0. The Morgan fingerprint density at radius 1 is 0.905 bits per heavy atom. The zero-order valence-electron chi connectivity index (χ0n) is 10.4. The number of nitrogens with zero attached hydrogens (tertiary/aromatic N) is 2. The van der Waals surface area contributed by atoms with Gasteiger partial charge in [-0.05, 0) is 23.7 Å². The third-order valence-corrected chi connectivity index (χ3v) is 3.01. The van der Waals surface area contributed by atoms with E-state index in [-0.39, 0.29) is 16.8 Å². The molecule has 3 rings (SSSR count). The van der Waals surface area contributed by atoms with E-state index < -0.39 is 17.5 Å². The van der Waals surface area contributed by atoms with Gasteiger partial charge < -0.3 is 5.32 Å². The second-order valence-corrected chi connectivity index (χ2v) is 4.57. The van der Waals surface area contributed by atoms with Crippen LogP contribution in [0.3, 0.4) is 0 Å². The number of hydrogen-bond acceptors (Lipinski definition) is 3. The van der Waals surface area contributed by atoms with Crippen LogP contribution in [0.2, 0.25) is 5.28 Å². The fourth-order valence-electron chi connectivity index (χ4n) is 1.89. The molecule has 1 heterocycles. The van der Waals surface area contributed by atoms with Crippen molar-refractivity contribution in [3.05, 3.63) is 59.1 Å². The zero-order chi connectivity index (χ0) is 15.0. The molecule has 0 atom stereocenters. The minimum Gasteiger partial charge on any atom is -0.337 e. The normalized spacial score (nSPS) is 10.9. The molecule has 3 aromatic rings. The minimum atomic E-state index is -1.26. The third-order valence-electron chi connectivity index (χ3n) is 2.84. The van der Waals surface area contributed by atoms with E-state index in [0.717, 1.165) is 6.07 Å². The largest absolute Gasteiger partial charge is 0.337 e. The van der Waals surface area contributed by atoms with E-state index in [1.54, 1.807) is 24.3 Å². The Bertz CT molecular complexity index is 839. The Kier molecular flexibility index (Phi) is 3.39. The predicted molar refractivity (Wildman–Crippen MR) is 74.1 cm³/mol. The van der Waals surface area contributed by atoms with Crippen LogP contribution in [0.4, 0.5) is 24.7 Å². The number of para-hydroxylation sites is 1. The van der Waals surface area contributed by atoms with Crippen molar-refractivity contribution in [2.24, 2.45) is 0 Å². The number of nitrogens with one attached hydrogen (secondary N) is 1. The SMILES string of the molecule is Fc1cc(F)c(Nc2nc(Cl)nc3ccccc23)cc1F. The van der Waals surface area contributed by atoms with Crippen LogP contribution in [0.15, 0.2) is 36.4 Å². The number of anilines is 2. The topological polar surface area (TPSA) is 37.8 Å². The molecule has 0 aliphatic rings. The first-order valence-corrected chi connectivity index (χ1v) is 6.26. The van der Waals surface area contributed by atoms with Crippen LogP contribution in [-0.4, -0.2) is 9.97 Å². The molecule has 21 heavy (non-hydrogen) atoms. The summed E-state index contributed by atoms with van der Waals surface area (Å²) in [7, 11) is 0. The molecule has 0 spiro atoms. The summed E-state index contributed by atoms with van der Waals surface area (Å²) in [5, 5.41) is 3.14. The summed E-state index contributed by atoms with van der Waals surface area (Å²) in [6.07, 6.45) is 0. The Labute approximate surface area is 122 Å². The summed E-state index contributed by atoms with van der Waals surface area (Å²) in [5.41, 5.74) is 0.303. The van der Waals surface area contributed by atoms with E-state index in [9.17, 15) is 13.2 Å². The lowest BCUT2D eigenvalue weighted by atomic mass is 10.2. The molecule has 0 saturated carbocycles. The smallest absolute Gasteiger partial charge is 0.224 e. The molecule has 0 amide bonds. The van der Waals surface area contributed by atoms with Crippen LogP contribution in [-0.2, 0) is 0 Å². The minimum absolute atomic E-state index is 0.0424. The molecule has 1 aromatic heterocycles. The van der Waals surface area contributed by atoms with Crippen molar-refractivity contribution in [3.8, 4) is 0 Å². The van der Waals surface area contributed by atoms with E-state index in [4.69, 9.17) is 11.6 Å². The second kappa shape index (κ2) is 5.21. The number of aromatic nitrogens is 2. The van der Waals surface area contributed by atoms with Crippen molar-refractivity contribution in [1.82, 2.24) is 9.97 Å². The van der Waals surface area contributed by atoms with E-state index >= 15 is 0 Å². The average molecular weight is 310 g/mol.